The minimum absolute atomic E-state index is 0.493. The topological polar surface area (TPSA) is 24.1 Å². The van der Waals surface area contributed by atoms with Crippen LogP contribution in [0, 0.1) is 0 Å². The Morgan fingerprint density at radius 1 is 1.10 bits per heavy atom. The lowest BCUT2D eigenvalue weighted by atomic mass is 9.97. The Bertz CT molecular complexity index is 610. The molecule has 0 fully saturated rings. The molecule has 0 radical (unpaired) electrons. The van der Waals surface area contributed by atoms with Crippen LogP contribution in [0.1, 0.15) is 31.7 Å². The van der Waals surface area contributed by atoms with E-state index in [9.17, 15) is 0 Å². The van der Waals surface area contributed by atoms with Gasteiger partial charge in [0.15, 0.2) is 5.11 Å². The Morgan fingerprint density at radius 3 is 2.43 bits per heavy atom. The maximum atomic E-state index is 5.87. The standard InChI is InChI=1S/C17H19ClN2S/c1-3-12(2)15-6-4-5-7-16(15)20-17(21)19-14-10-8-13(18)9-11-14/h4-12H,3H2,1-2H3,(H2,19,20,21)/t12-/m0/s1. The van der Waals surface area contributed by atoms with Gasteiger partial charge in [-0.1, -0.05) is 43.6 Å². The minimum atomic E-state index is 0.493. The summed E-state index contributed by atoms with van der Waals surface area (Å²) in [6, 6.07) is 15.7. The zero-order chi connectivity index (χ0) is 15.2. The predicted molar refractivity (Wildman–Crippen MR) is 96.4 cm³/mol. The summed E-state index contributed by atoms with van der Waals surface area (Å²) in [5.74, 6) is 0.493. The zero-order valence-electron chi connectivity index (χ0n) is 12.2. The number of anilines is 2. The fraction of sp³-hybridized carbons (Fsp3) is 0.235. The van der Waals surface area contributed by atoms with Gasteiger partial charge in [0.05, 0.1) is 0 Å². The second kappa shape index (κ2) is 7.43. The first-order valence-corrected chi connectivity index (χ1v) is 7.81. The fourth-order valence-electron chi connectivity index (χ4n) is 2.08. The van der Waals surface area contributed by atoms with Gasteiger partial charge in [-0.3, -0.25) is 0 Å². The molecule has 1 atom stereocenters. The molecule has 0 unspecified atom stereocenters. The van der Waals surface area contributed by atoms with Crippen molar-refractivity contribution in [3.05, 3.63) is 59.1 Å². The van der Waals surface area contributed by atoms with Crippen molar-refractivity contribution in [1.29, 1.82) is 0 Å². The van der Waals surface area contributed by atoms with Gasteiger partial charge in [0.1, 0.15) is 0 Å². The lowest BCUT2D eigenvalue weighted by molar-refractivity contribution is 0.736. The van der Waals surface area contributed by atoms with Crippen LogP contribution in [0.25, 0.3) is 0 Å². The van der Waals surface area contributed by atoms with E-state index in [4.69, 9.17) is 23.8 Å². The first kappa shape index (κ1) is 15.8. The van der Waals surface area contributed by atoms with E-state index < -0.39 is 0 Å². The maximum absolute atomic E-state index is 5.87. The molecule has 21 heavy (non-hydrogen) atoms. The molecule has 2 nitrogen and oxygen atoms in total. The third-order valence-electron chi connectivity index (χ3n) is 3.45. The van der Waals surface area contributed by atoms with Gasteiger partial charge in [-0.15, -0.1) is 0 Å². The first-order valence-electron chi connectivity index (χ1n) is 7.02. The molecule has 0 aliphatic carbocycles. The smallest absolute Gasteiger partial charge is 0.175 e. The summed E-state index contributed by atoms with van der Waals surface area (Å²) in [6.45, 7) is 4.40. The molecule has 2 N–H and O–H groups in total. The molecule has 0 aliphatic rings. The molecule has 2 aromatic carbocycles. The van der Waals surface area contributed by atoms with Crippen molar-refractivity contribution in [1.82, 2.24) is 0 Å². The molecular weight excluding hydrogens is 300 g/mol. The predicted octanol–water partition coefficient (Wildman–Crippen LogP) is 5.66. The Kier molecular flexibility index (Phi) is 5.59. The Balaban J connectivity index is 2.07. The SMILES string of the molecule is CC[C@H](C)c1ccccc1NC(=S)Nc1ccc(Cl)cc1. The van der Waals surface area contributed by atoms with Crippen LogP contribution in [0.5, 0.6) is 0 Å². The van der Waals surface area contributed by atoms with E-state index >= 15 is 0 Å². The van der Waals surface area contributed by atoms with Crippen molar-refractivity contribution in [2.45, 2.75) is 26.2 Å². The van der Waals surface area contributed by atoms with Crippen molar-refractivity contribution in [2.75, 3.05) is 10.6 Å². The van der Waals surface area contributed by atoms with Gasteiger partial charge >= 0.3 is 0 Å². The summed E-state index contributed by atoms with van der Waals surface area (Å²) in [5, 5.41) is 7.73. The van der Waals surface area contributed by atoms with E-state index in [0.29, 0.717) is 16.1 Å². The molecule has 0 aliphatic heterocycles. The van der Waals surface area contributed by atoms with Crippen LogP contribution in [0.4, 0.5) is 11.4 Å². The van der Waals surface area contributed by atoms with Crippen molar-refractivity contribution in [3.63, 3.8) is 0 Å². The average Bonchev–Trinajstić information content (AvgIpc) is 2.49. The van der Waals surface area contributed by atoms with Crippen molar-refractivity contribution in [3.8, 4) is 0 Å². The highest BCUT2D eigenvalue weighted by atomic mass is 35.5. The lowest BCUT2D eigenvalue weighted by Crippen LogP contribution is -2.20. The van der Waals surface area contributed by atoms with E-state index in [1.807, 2.05) is 30.3 Å². The van der Waals surface area contributed by atoms with E-state index in [1.165, 1.54) is 5.56 Å². The third-order valence-corrected chi connectivity index (χ3v) is 3.91. The largest absolute Gasteiger partial charge is 0.332 e. The highest BCUT2D eigenvalue weighted by Crippen LogP contribution is 2.26. The van der Waals surface area contributed by atoms with Gasteiger partial charge in [0.25, 0.3) is 0 Å². The van der Waals surface area contributed by atoms with E-state index in [1.54, 1.807) is 0 Å². The van der Waals surface area contributed by atoms with Gasteiger partial charge in [-0.05, 0) is 60.5 Å². The lowest BCUT2D eigenvalue weighted by Gasteiger charge is -2.17. The van der Waals surface area contributed by atoms with Crippen molar-refractivity contribution >= 4 is 40.3 Å². The van der Waals surface area contributed by atoms with Gasteiger partial charge in [-0.25, -0.2) is 0 Å². The Hall–Kier alpha value is -1.58. The normalized spacial score (nSPS) is 11.8. The van der Waals surface area contributed by atoms with Gasteiger partial charge in [0, 0.05) is 16.4 Å². The zero-order valence-corrected chi connectivity index (χ0v) is 13.8. The van der Waals surface area contributed by atoms with Gasteiger partial charge in [-0.2, -0.15) is 0 Å². The van der Waals surface area contributed by atoms with E-state index in [0.717, 1.165) is 17.8 Å². The number of hydrogen-bond acceptors (Lipinski definition) is 1. The van der Waals surface area contributed by atoms with Gasteiger partial charge < -0.3 is 10.6 Å². The average molecular weight is 319 g/mol. The molecule has 110 valence electrons. The molecule has 0 aromatic heterocycles. The van der Waals surface area contributed by atoms with Crippen LogP contribution >= 0.6 is 23.8 Å². The highest BCUT2D eigenvalue weighted by Gasteiger charge is 2.09. The number of hydrogen-bond donors (Lipinski definition) is 2. The van der Waals surface area contributed by atoms with Crippen LogP contribution in [-0.2, 0) is 0 Å². The number of thiocarbonyl (C=S) groups is 1. The summed E-state index contributed by atoms with van der Waals surface area (Å²) >= 11 is 11.3. The first-order chi connectivity index (χ1) is 10.1. The molecule has 0 bridgehead atoms. The summed E-state index contributed by atoms with van der Waals surface area (Å²) in [4.78, 5) is 0. The minimum Gasteiger partial charge on any atom is -0.332 e. The molecule has 2 rings (SSSR count). The maximum Gasteiger partial charge on any atom is 0.175 e. The van der Waals surface area contributed by atoms with E-state index in [2.05, 4.69) is 42.7 Å². The molecule has 0 amide bonds. The summed E-state index contributed by atoms with van der Waals surface area (Å²) in [6.07, 6.45) is 1.09. The Morgan fingerprint density at radius 2 is 1.76 bits per heavy atom. The second-order valence-corrected chi connectivity index (χ2v) is 5.83. The monoisotopic (exact) mass is 318 g/mol. The van der Waals surface area contributed by atoms with Crippen LogP contribution < -0.4 is 10.6 Å². The van der Waals surface area contributed by atoms with Crippen molar-refractivity contribution in [2.24, 2.45) is 0 Å². The van der Waals surface area contributed by atoms with Crippen LogP contribution in [0.3, 0.4) is 0 Å². The molecular formula is C17H19ClN2S. The highest BCUT2D eigenvalue weighted by molar-refractivity contribution is 7.80. The Labute approximate surface area is 136 Å². The number of nitrogens with one attached hydrogen (secondary N) is 2. The van der Waals surface area contributed by atoms with Crippen LogP contribution in [-0.4, -0.2) is 5.11 Å². The number of para-hydroxylation sites is 1. The number of benzene rings is 2. The summed E-state index contributed by atoms with van der Waals surface area (Å²) in [5.41, 5.74) is 3.25. The third kappa shape index (κ3) is 4.45. The molecule has 0 saturated carbocycles. The van der Waals surface area contributed by atoms with Crippen LogP contribution in [0.15, 0.2) is 48.5 Å². The molecule has 4 heteroatoms. The van der Waals surface area contributed by atoms with E-state index in [-0.39, 0.29) is 0 Å². The summed E-state index contributed by atoms with van der Waals surface area (Å²) in [7, 11) is 0. The quantitative estimate of drug-likeness (QED) is 0.711. The molecule has 0 heterocycles. The fourth-order valence-corrected chi connectivity index (χ4v) is 2.43. The van der Waals surface area contributed by atoms with Gasteiger partial charge in [0.2, 0.25) is 0 Å². The number of rotatable bonds is 4. The van der Waals surface area contributed by atoms with Crippen molar-refractivity contribution < 1.29 is 0 Å². The molecule has 0 spiro atoms. The molecule has 0 saturated heterocycles. The molecule has 2 aromatic rings. The summed E-state index contributed by atoms with van der Waals surface area (Å²) < 4.78 is 0. The van der Waals surface area contributed by atoms with Crippen LogP contribution in [0.2, 0.25) is 5.02 Å². The second-order valence-electron chi connectivity index (χ2n) is 4.98. The number of halogens is 1.